The van der Waals surface area contributed by atoms with E-state index in [0.717, 1.165) is 4.90 Å². The number of carboxylic acid groups (broad SMARTS) is 1. The number of nitrogens with zero attached hydrogens (tertiary/aromatic N) is 1. The van der Waals surface area contributed by atoms with Gasteiger partial charge in [-0.1, -0.05) is 0 Å². The number of likely N-dealkylation sites (N-methyl/N-ethyl adjacent to an activating group) is 1. The minimum atomic E-state index is -0.864. The fourth-order valence-corrected chi connectivity index (χ4v) is 2.41. The van der Waals surface area contributed by atoms with Crippen LogP contribution in [0.3, 0.4) is 0 Å². The number of ether oxygens (including phenoxy) is 1. The van der Waals surface area contributed by atoms with Gasteiger partial charge in [-0.05, 0) is 25.1 Å². The molecule has 0 saturated carbocycles. The lowest BCUT2D eigenvalue weighted by Gasteiger charge is -2.28. The molecule has 1 N–H and O–H groups in total. The minimum Gasteiger partial charge on any atom is -0.482 e. The summed E-state index contributed by atoms with van der Waals surface area (Å²) in [7, 11) is 0. The maximum atomic E-state index is 11.7. The van der Waals surface area contributed by atoms with E-state index < -0.39 is 5.97 Å². The number of anilines is 1. The van der Waals surface area contributed by atoms with Crippen LogP contribution >= 0.6 is 11.8 Å². The highest BCUT2D eigenvalue weighted by Crippen LogP contribution is 2.35. The molecule has 18 heavy (non-hydrogen) atoms. The summed E-state index contributed by atoms with van der Waals surface area (Å²) in [6.45, 7) is 2.52. The van der Waals surface area contributed by atoms with E-state index >= 15 is 0 Å². The Morgan fingerprint density at radius 1 is 1.56 bits per heavy atom. The molecule has 0 saturated heterocycles. The van der Waals surface area contributed by atoms with Crippen LogP contribution in [0.15, 0.2) is 23.1 Å². The quantitative estimate of drug-likeness (QED) is 0.839. The molecule has 2 rings (SSSR count). The summed E-state index contributed by atoms with van der Waals surface area (Å²) < 4.78 is 5.33. The van der Waals surface area contributed by atoms with Crippen LogP contribution in [0, 0.1) is 0 Å². The Labute approximate surface area is 109 Å². The number of hydrogen-bond donors (Lipinski definition) is 1. The molecular formula is C12H13NO4S. The average Bonchev–Trinajstić information content (AvgIpc) is 2.36. The van der Waals surface area contributed by atoms with E-state index in [1.807, 2.05) is 6.92 Å². The highest BCUT2D eigenvalue weighted by molar-refractivity contribution is 8.00. The van der Waals surface area contributed by atoms with Crippen molar-refractivity contribution >= 4 is 29.3 Å². The Balaban J connectivity index is 2.26. The number of benzene rings is 1. The normalized spacial score (nSPS) is 14.1. The number of carboxylic acids is 1. The van der Waals surface area contributed by atoms with Crippen LogP contribution in [-0.4, -0.2) is 35.9 Å². The van der Waals surface area contributed by atoms with Crippen LogP contribution in [0.4, 0.5) is 5.69 Å². The van der Waals surface area contributed by atoms with Gasteiger partial charge in [-0.2, -0.15) is 0 Å². The van der Waals surface area contributed by atoms with Gasteiger partial charge in [0.05, 0.1) is 11.4 Å². The third-order valence-electron chi connectivity index (χ3n) is 2.55. The Morgan fingerprint density at radius 2 is 2.33 bits per heavy atom. The van der Waals surface area contributed by atoms with Crippen molar-refractivity contribution in [3.63, 3.8) is 0 Å². The van der Waals surface area contributed by atoms with Crippen molar-refractivity contribution in [3.05, 3.63) is 18.2 Å². The summed E-state index contributed by atoms with van der Waals surface area (Å²) in [6.07, 6.45) is 0. The molecule has 0 aromatic heterocycles. The van der Waals surface area contributed by atoms with Gasteiger partial charge in [0.15, 0.2) is 6.61 Å². The first-order valence-corrected chi connectivity index (χ1v) is 6.52. The number of rotatable bonds is 4. The van der Waals surface area contributed by atoms with Crippen LogP contribution in [0.5, 0.6) is 5.75 Å². The number of fused-ring (bicyclic) bond motifs is 1. The Morgan fingerprint density at radius 3 is 3.00 bits per heavy atom. The zero-order valence-corrected chi connectivity index (χ0v) is 10.7. The zero-order chi connectivity index (χ0) is 13.1. The van der Waals surface area contributed by atoms with Gasteiger partial charge in [0.1, 0.15) is 5.75 Å². The smallest absolute Gasteiger partial charge is 0.313 e. The first kappa shape index (κ1) is 12.8. The predicted molar refractivity (Wildman–Crippen MR) is 68.3 cm³/mol. The predicted octanol–water partition coefficient (Wildman–Crippen LogP) is 1.61. The molecule has 0 radical (unpaired) electrons. The highest BCUT2D eigenvalue weighted by Gasteiger charge is 2.24. The molecule has 0 atom stereocenters. The van der Waals surface area contributed by atoms with Crippen molar-refractivity contribution in [3.8, 4) is 5.75 Å². The molecule has 96 valence electrons. The van der Waals surface area contributed by atoms with Gasteiger partial charge >= 0.3 is 5.97 Å². The highest BCUT2D eigenvalue weighted by atomic mass is 32.2. The summed E-state index contributed by atoms with van der Waals surface area (Å²) in [6, 6.07) is 5.37. The third-order valence-corrected chi connectivity index (χ3v) is 3.53. The number of carbonyl (C=O) groups is 2. The van der Waals surface area contributed by atoms with Crippen molar-refractivity contribution in [2.24, 2.45) is 0 Å². The summed E-state index contributed by atoms with van der Waals surface area (Å²) in [4.78, 5) is 24.6. The van der Waals surface area contributed by atoms with Crippen molar-refractivity contribution in [1.82, 2.24) is 0 Å². The second-order valence-electron chi connectivity index (χ2n) is 3.74. The van der Waals surface area contributed by atoms with E-state index in [9.17, 15) is 9.59 Å². The maximum absolute atomic E-state index is 11.7. The molecule has 1 aliphatic rings. The van der Waals surface area contributed by atoms with E-state index in [-0.39, 0.29) is 18.3 Å². The SMILES string of the molecule is CCN1C(=O)COc2ccc(SCC(=O)O)cc21. The largest absolute Gasteiger partial charge is 0.482 e. The van der Waals surface area contributed by atoms with Crippen molar-refractivity contribution in [2.45, 2.75) is 11.8 Å². The minimum absolute atomic E-state index is 0.000283. The van der Waals surface area contributed by atoms with E-state index in [0.29, 0.717) is 18.0 Å². The van der Waals surface area contributed by atoms with Crippen LogP contribution in [0.1, 0.15) is 6.92 Å². The van der Waals surface area contributed by atoms with Gasteiger partial charge in [-0.15, -0.1) is 11.8 Å². The molecule has 5 nitrogen and oxygen atoms in total. The number of amides is 1. The molecule has 0 spiro atoms. The van der Waals surface area contributed by atoms with Gasteiger partial charge in [-0.3, -0.25) is 9.59 Å². The van der Waals surface area contributed by atoms with Crippen LogP contribution in [-0.2, 0) is 9.59 Å². The van der Waals surface area contributed by atoms with Crippen molar-refractivity contribution in [2.75, 3.05) is 23.8 Å². The van der Waals surface area contributed by atoms with Crippen LogP contribution in [0.25, 0.3) is 0 Å². The number of carbonyl (C=O) groups excluding carboxylic acids is 1. The summed E-state index contributed by atoms with van der Waals surface area (Å²) in [5, 5.41) is 8.64. The molecule has 1 aromatic carbocycles. The Kier molecular flexibility index (Phi) is 3.76. The fraction of sp³-hybridized carbons (Fsp3) is 0.333. The topological polar surface area (TPSA) is 66.8 Å². The fourth-order valence-electron chi connectivity index (χ4n) is 1.76. The zero-order valence-electron chi connectivity index (χ0n) is 9.88. The summed E-state index contributed by atoms with van der Waals surface area (Å²) in [5.41, 5.74) is 0.712. The molecule has 1 aromatic rings. The average molecular weight is 267 g/mol. The number of thioether (sulfide) groups is 1. The van der Waals surface area contributed by atoms with Gasteiger partial charge in [0.25, 0.3) is 5.91 Å². The first-order valence-electron chi connectivity index (χ1n) is 5.53. The lowest BCUT2D eigenvalue weighted by Crippen LogP contribution is -2.38. The lowest BCUT2D eigenvalue weighted by atomic mass is 10.2. The molecule has 1 heterocycles. The van der Waals surface area contributed by atoms with E-state index in [2.05, 4.69) is 0 Å². The lowest BCUT2D eigenvalue weighted by molar-refractivity contribution is -0.133. The summed E-state index contributed by atoms with van der Waals surface area (Å²) >= 11 is 1.22. The van der Waals surface area contributed by atoms with Crippen LogP contribution < -0.4 is 9.64 Å². The summed E-state index contributed by atoms with van der Waals surface area (Å²) in [5.74, 6) is -0.279. The second kappa shape index (κ2) is 5.30. The molecule has 0 fully saturated rings. The molecule has 6 heteroatoms. The standard InChI is InChI=1S/C12H13NO4S/c1-2-13-9-5-8(18-7-12(15)16)3-4-10(9)17-6-11(13)14/h3-5H,2,6-7H2,1H3,(H,15,16). The van der Waals surface area contributed by atoms with Gasteiger partial charge in [0, 0.05) is 11.4 Å². The molecule has 0 unspecified atom stereocenters. The van der Waals surface area contributed by atoms with Gasteiger partial charge in [-0.25, -0.2) is 0 Å². The molecule has 1 amide bonds. The Bertz CT molecular complexity index is 489. The molecule has 1 aliphatic heterocycles. The van der Waals surface area contributed by atoms with Gasteiger partial charge < -0.3 is 14.7 Å². The van der Waals surface area contributed by atoms with Gasteiger partial charge in [0.2, 0.25) is 0 Å². The van der Waals surface area contributed by atoms with E-state index in [4.69, 9.17) is 9.84 Å². The Hall–Kier alpha value is -1.69. The van der Waals surface area contributed by atoms with E-state index in [1.54, 1.807) is 23.1 Å². The molecule has 0 aliphatic carbocycles. The monoisotopic (exact) mass is 267 g/mol. The third kappa shape index (κ3) is 2.59. The van der Waals surface area contributed by atoms with Crippen LogP contribution in [0.2, 0.25) is 0 Å². The van der Waals surface area contributed by atoms with Crippen molar-refractivity contribution in [1.29, 1.82) is 0 Å². The van der Waals surface area contributed by atoms with Crippen molar-refractivity contribution < 1.29 is 19.4 Å². The van der Waals surface area contributed by atoms with E-state index in [1.165, 1.54) is 11.8 Å². The second-order valence-corrected chi connectivity index (χ2v) is 4.79. The molecule has 0 bridgehead atoms. The number of hydrogen-bond acceptors (Lipinski definition) is 4. The first-order chi connectivity index (χ1) is 8.61. The maximum Gasteiger partial charge on any atom is 0.313 e. The number of aliphatic carboxylic acids is 1. The molecular weight excluding hydrogens is 254 g/mol.